The van der Waals surface area contributed by atoms with Gasteiger partial charge in [-0.15, -0.1) is 0 Å². The summed E-state index contributed by atoms with van der Waals surface area (Å²) in [7, 11) is 1.63. The van der Waals surface area contributed by atoms with E-state index in [0.717, 1.165) is 38.6 Å². The molecule has 2 heterocycles. The van der Waals surface area contributed by atoms with Crippen LogP contribution in [0.5, 0.6) is 5.75 Å². The number of para-hydroxylation sites is 1. The van der Waals surface area contributed by atoms with Crippen LogP contribution in [0, 0.1) is 25.2 Å². The first-order chi connectivity index (χ1) is 19.3. The number of ether oxygens (including phenoxy) is 1. The second-order valence-corrected chi connectivity index (χ2v) is 9.75. The van der Waals surface area contributed by atoms with Crippen LogP contribution in [0.25, 0.3) is 23.0 Å². The van der Waals surface area contributed by atoms with E-state index in [1.165, 1.54) is 0 Å². The molecule has 0 saturated carbocycles. The van der Waals surface area contributed by atoms with Crippen LogP contribution in [0.2, 0.25) is 0 Å². The Bertz CT molecular complexity index is 1720. The van der Waals surface area contributed by atoms with E-state index in [9.17, 15) is 14.9 Å². The van der Waals surface area contributed by atoms with Crippen molar-refractivity contribution < 1.29 is 14.3 Å². The lowest BCUT2D eigenvalue weighted by Crippen LogP contribution is -2.42. The minimum atomic E-state index is -0.589. The fraction of sp³-hybridized carbons (Fsp3) is 0.152. The zero-order valence-corrected chi connectivity index (χ0v) is 22.8. The van der Waals surface area contributed by atoms with E-state index in [0.29, 0.717) is 16.8 Å². The summed E-state index contributed by atoms with van der Waals surface area (Å²) in [5, 5.41) is 14.7. The van der Waals surface area contributed by atoms with Gasteiger partial charge < -0.3 is 4.74 Å². The highest BCUT2D eigenvalue weighted by atomic mass is 16.5. The lowest BCUT2D eigenvalue weighted by Gasteiger charge is -2.27. The number of hydrogen-bond acceptors (Lipinski definition) is 5. The number of nitriles is 1. The maximum Gasteiger partial charge on any atom is 0.271 e. The van der Waals surface area contributed by atoms with Gasteiger partial charge in [-0.2, -0.15) is 10.4 Å². The quantitative estimate of drug-likeness (QED) is 0.228. The van der Waals surface area contributed by atoms with Crippen molar-refractivity contribution >= 4 is 17.9 Å². The van der Waals surface area contributed by atoms with Gasteiger partial charge in [0.1, 0.15) is 17.4 Å². The Morgan fingerprint density at radius 3 is 2.33 bits per heavy atom. The SMILES string of the molecule is COc1ccc(-c2nn(-c3ccccc3)cc2/C=C2/C(=O)N(Cc3ccc(C)cc3)C(=O)C(C#N)=C2C)cc1C. The van der Waals surface area contributed by atoms with Crippen LogP contribution in [0.15, 0.2) is 95.7 Å². The number of rotatable bonds is 6. The molecule has 0 fully saturated rings. The molecule has 3 aromatic carbocycles. The van der Waals surface area contributed by atoms with Gasteiger partial charge in [0, 0.05) is 22.9 Å². The minimum Gasteiger partial charge on any atom is -0.496 e. The third kappa shape index (κ3) is 4.95. The molecule has 0 saturated heterocycles. The first-order valence-corrected chi connectivity index (χ1v) is 12.9. The first-order valence-electron chi connectivity index (χ1n) is 12.9. The van der Waals surface area contributed by atoms with Crippen molar-refractivity contribution in [3.05, 3.63) is 118 Å². The van der Waals surface area contributed by atoms with Gasteiger partial charge in [0.2, 0.25) is 0 Å². The molecule has 0 unspecified atom stereocenters. The zero-order valence-electron chi connectivity index (χ0n) is 22.8. The molecule has 0 bridgehead atoms. The average molecular weight is 529 g/mol. The molecule has 4 aromatic rings. The molecule has 0 aliphatic carbocycles. The van der Waals surface area contributed by atoms with Crippen LogP contribution in [0.3, 0.4) is 0 Å². The molecule has 1 aliphatic heterocycles. The second-order valence-electron chi connectivity index (χ2n) is 9.75. The minimum absolute atomic E-state index is 0.0461. The van der Waals surface area contributed by atoms with Gasteiger partial charge in [-0.3, -0.25) is 14.5 Å². The van der Waals surface area contributed by atoms with Gasteiger partial charge in [0.25, 0.3) is 11.8 Å². The maximum absolute atomic E-state index is 13.8. The molecule has 1 aromatic heterocycles. The Hall–Kier alpha value is -5.22. The summed E-state index contributed by atoms with van der Waals surface area (Å²) < 4.78 is 7.19. The number of nitrogens with zero attached hydrogens (tertiary/aromatic N) is 4. The summed E-state index contributed by atoms with van der Waals surface area (Å²) in [5.74, 6) is -0.281. The first kappa shape index (κ1) is 26.4. The zero-order chi connectivity index (χ0) is 28.4. The maximum atomic E-state index is 13.8. The van der Waals surface area contributed by atoms with Crippen LogP contribution in [-0.2, 0) is 16.1 Å². The number of aromatic nitrogens is 2. The van der Waals surface area contributed by atoms with Crippen LogP contribution >= 0.6 is 0 Å². The normalized spacial score (nSPS) is 14.6. The Morgan fingerprint density at radius 1 is 0.950 bits per heavy atom. The molecule has 7 nitrogen and oxygen atoms in total. The lowest BCUT2D eigenvalue weighted by molar-refractivity contribution is -0.141. The molecule has 0 atom stereocenters. The van der Waals surface area contributed by atoms with Crippen LogP contribution in [0.1, 0.15) is 29.2 Å². The van der Waals surface area contributed by atoms with Gasteiger partial charge in [-0.05, 0) is 73.9 Å². The molecule has 198 valence electrons. The highest BCUT2D eigenvalue weighted by molar-refractivity contribution is 6.19. The fourth-order valence-corrected chi connectivity index (χ4v) is 4.76. The molecule has 1 aliphatic rings. The summed E-state index contributed by atoms with van der Waals surface area (Å²) in [4.78, 5) is 28.1. The number of carbonyl (C=O) groups is 2. The Morgan fingerprint density at radius 2 is 1.68 bits per heavy atom. The van der Waals surface area contributed by atoms with Crippen LogP contribution < -0.4 is 4.74 Å². The van der Waals surface area contributed by atoms with Crippen molar-refractivity contribution in [3.8, 4) is 28.8 Å². The number of amides is 2. The van der Waals surface area contributed by atoms with Gasteiger partial charge in [-0.1, -0.05) is 48.0 Å². The summed E-state index contributed by atoms with van der Waals surface area (Å²) in [6, 6.07) is 25.1. The largest absolute Gasteiger partial charge is 0.496 e. The van der Waals surface area contributed by atoms with Crippen molar-refractivity contribution in [2.24, 2.45) is 0 Å². The number of hydrogen-bond donors (Lipinski definition) is 0. The number of imide groups is 1. The molecule has 7 heteroatoms. The second kappa shape index (κ2) is 10.9. The lowest BCUT2D eigenvalue weighted by atomic mass is 9.92. The molecule has 0 spiro atoms. The van der Waals surface area contributed by atoms with E-state index in [1.54, 1.807) is 24.8 Å². The molecular weight excluding hydrogens is 500 g/mol. The average Bonchev–Trinajstić information content (AvgIpc) is 3.39. The predicted molar refractivity (Wildman–Crippen MR) is 153 cm³/mol. The van der Waals surface area contributed by atoms with Gasteiger partial charge in [0.05, 0.1) is 25.0 Å². The van der Waals surface area contributed by atoms with Crippen molar-refractivity contribution in [2.45, 2.75) is 27.3 Å². The van der Waals surface area contributed by atoms with E-state index < -0.39 is 11.8 Å². The third-order valence-corrected chi connectivity index (χ3v) is 7.02. The molecule has 40 heavy (non-hydrogen) atoms. The summed E-state index contributed by atoms with van der Waals surface area (Å²) in [6.45, 7) is 5.64. The van der Waals surface area contributed by atoms with Crippen LogP contribution in [-0.4, -0.2) is 33.6 Å². The van der Waals surface area contributed by atoms with Crippen molar-refractivity contribution in [1.29, 1.82) is 5.26 Å². The van der Waals surface area contributed by atoms with Gasteiger partial charge >= 0.3 is 0 Å². The van der Waals surface area contributed by atoms with Crippen molar-refractivity contribution in [2.75, 3.05) is 7.11 Å². The van der Waals surface area contributed by atoms with Gasteiger partial charge in [-0.25, -0.2) is 4.68 Å². The number of carbonyl (C=O) groups excluding carboxylic acids is 2. The fourth-order valence-electron chi connectivity index (χ4n) is 4.76. The van der Waals surface area contributed by atoms with Crippen molar-refractivity contribution in [1.82, 2.24) is 14.7 Å². The molecule has 2 amide bonds. The summed E-state index contributed by atoms with van der Waals surface area (Å²) in [6.07, 6.45) is 3.58. The predicted octanol–water partition coefficient (Wildman–Crippen LogP) is 5.96. The Labute approximate surface area is 233 Å². The molecule has 0 radical (unpaired) electrons. The monoisotopic (exact) mass is 528 g/mol. The van der Waals surface area contributed by atoms with Crippen LogP contribution in [0.4, 0.5) is 0 Å². The highest BCUT2D eigenvalue weighted by Gasteiger charge is 2.35. The Balaban J connectivity index is 1.65. The highest BCUT2D eigenvalue weighted by Crippen LogP contribution is 2.33. The molecular formula is C33H28N4O3. The van der Waals surface area contributed by atoms with Gasteiger partial charge in [0.15, 0.2) is 0 Å². The molecule has 0 N–H and O–H groups in total. The van der Waals surface area contributed by atoms with E-state index in [1.807, 2.05) is 98.9 Å². The van der Waals surface area contributed by atoms with E-state index in [2.05, 4.69) is 0 Å². The third-order valence-electron chi connectivity index (χ3n) is 7.02. The smallest absolute Gasteiger partial charge is 0.271 e. The number of aryl methyl sites for hydroxylation is 2. The summed E-state index contributed by atoms with van der Waals surface area (Å²) >= 11 is 0. The standard InChI is InChI=1S/C33H28N4O3/c1-21-10-12-24(13-11-21)19-36-32(38)28(23(3)29(18-34)33(36)39)17-26-20-37(27-8-6-5-7-9-27)35-31(26)25-14-15-30(40-4)22(2)16-25/h5-17,20H,19H2,1-4H3/b28-17+. The van der Waals surface area contributed by atoms with E-state index in [-0.39, 0.29) is 17.7 Å². The van der Waals surface area contributed by atoms with Crippen molar-refractivity contribution in [3.63, 3.8) is 0 Å². The Kier molecular flexibility index (Phi) is 7.17. The topological polar surface area (TPSA) is 88.2 Å². The van der Waals surface area contributed by atoms with E-state index >= 15 is 0 Å². The number of methoxy groups -OCH3 is 1. The van der Waals surface area contributed by atoms with E-state index in [4.69, 9.17) is 9.84 Å². The number of benzene rings is 3. The molecule has 5 rings (SSSR count). The summed E-state index contributed by atoms with van der Waals surface area (Å²) in [5.41, 5.74) is 6.44.